The third-order valence-corrected chi connectivity index (χ3v) is 6.09. The van der Waals surface area contributed by atoms with Crippen molar-refractivity contribution in [2.75, 3.05) is 31.6 Å². The molecule has 0 saturated carbocycles. The SMILES string of the molecule is BC(B)(Cn1cnc2nc(NCc3ccc(Cl)c(Cl)c3)[nH]c(=O)c21)N1CCOCC1. The number of imidazole rings is 1. The van der Waals surface area contributed by atoms with Crippen molar-refractivity contribution in [3.05, 3.63) is 50.5 Å². The van der Waals surface area contributed by atoms with Crippen molar-refractivity contribution < 1.29 is 4.74 Å². The molecule has 3 heterocycles. The first-order valence-corrected chi connectivity index (χ1v) is 10.5. The second-order valence-corrected chi connectivity index (χ2v) is 8.79. The Morgan fingerprint density at radius 2 is 2.00 bits per heavy atom. The van der Waals surface area contributed by atoms with Crippen molar-refractivity contribution in [2.24, 2.45) is 0 Å². The van der Waals surface area contributed by atoms with Crippen molar-refractivity contribution in [1.29, 1.82) is 0 Å². The average molecular weight is 447 g/mol. The fraction of sp³-hybridized carbons (Fsp3) is 0.389. The number of benzene rings is 1. The molecular formula is C18H22B2Cl2N6O2. The Kier molecular flexibility index (Phi) is 6.11. The highest BCUT2D eigenvalue weighted by atomic mass is 35.5. The number of anilines is 1. The van der Waals surface area contributed by atoms with Gasteiger partial charge in [0.05, 0.1) is 29.6 Å². The van der Waals surface area contributed by atoms with Crippen LogP contribution in [0, 0.1) is 0 Å². The number of fused-ring (bicyclic) bond motifs is 1. The zero-order chi connectivity index (χ0) is 21.3. The second kappa shape index (κ2) is 8.63. The van der Waals surface area contributed by atoms with Gasteiger partial charge in [-0.05, 0) is 23.0 Å². The summed E-state index contributed by atoms with van der Waals surface area (Å²) < 4.78 is 7.33. The number of hydrogen-bond acceptors (Lipinski definition) is 6. The molecule has 0 radical (unpaired) electrons. The van der Waals surface area contributed by atoms with Gasteiger partial charge in [0.1, 0.15) is 15.7 Å². The van der Waals surface area contributed by atoms with E-state index in [4.69, 9.17) is 27.9 Å². The molecule has 1 aromatic carbocycles. The molecule has 0 aliphatic carbocycles. The standard InChI is InChI=1S/C18H22B2Cl2N6O2/c19-18(20,28-3-5-30-6-4-28)9-27-10-24-15-14(27)16(29)26-17(25-15)23-8-11-1-2-12(21)13(22)7-11/h1-2,7,10H,3-6,8-9,19-20H2,(H2,23,25,26,29). The number of H-pyrrole nitrogens is 1. The maximum Gasteiger partial charge on any atom is 0.278 e. The van der Waals surface area contributed by atoms with Crippen LogP contribution in [-0.2, 0) is 17.8 Å². The summed E-state index contributed by atoms with van der Waals surface area (Å²) in [7, 11) is 4.33. The second-order valence-electron chi connectivity index (χ2n) is 7.97. The number of morpholine rings is 1. The lowest BCUT2D eigenvalue weighted by Crippen LogP contribution is -2.56. The quantitative estimate of drug-likeness (QED) is 0.529. The van der Waals surface area contributed by atoms with Crippen LogP contribution in [0.1, 0.15) is 5.56 Å². The van der Waals surface area contributed by atoms with E-state index in [9.17, 15) is 4.79 Å². The molecule has 0 amide bonds. The van der Waals surface area contributed by atoms with Gasteiger partial charge in [-0.1, -0.05) is 29.3 Å². The van der Waals surface area contributed by atoms with Gasteiger partial charge in [-0.15, -0.1) is 0 Å². The predicted molar refractivity (Wildman–Crippen MR) is 124 cm³/mol. The number of nitrogens with zero attached hydrogens (tertiary/aromatic N) is 4. The van der Waals surface area contributed by atoms with Crippen molar-refractivity contribution in [1.82, 2.24) is 24.4 Å². The summed E-state index contributed by atoms with van der Waals surface area (Å²) in [5.41, 5.74) is 1.57. The smallest absolute Gasteiger partial charge is 0.278 e. The highest BCUT2D eigenvalue weighted by Crippen LogP contribution is 2.23. The summed E-state index contributed by atoms with van der Waals surface area (Å²) in [6, 6.07) is 5.37. The number of aromatic amines is 1. The average Bonchev–Trinajstić information content (AvgIpc) is 3.12. The van der Waals surface area contributed by atoms with Crippen LogP contribution in [0.15, 0.2) is 29.3 Å². The number of ether oxygens (including phenoxy) is 1. The van der Waals surface area contributed by atoms with Gasteiger partial charge in [0.15, 0.2) is 11.2 Å². The molecule has 2 aromatic heterocycles. The van der Waals surface area contributed by atoms with Crippen LogP contribution in [0.3, 0.4) is 0 Å². The van der Waals surface area contributed by atoms with Gasteiger partial charge >= 0.3 is 0 Å². The molecule has 1 fully saturated rings. The van der Waals surface area contributed by atoms with Gasteiger partial charge in [0, 0.05) is 26.2 Å². The highest BCUT2D eigenvalue weighted by Gasteiger charge is 2.29. The van der Waals surface area contributed by atoms with Crippen molar-refractivity contribution in [3.63, 3.8) is 0 Å². The lowest BCUT2D eigenvalue weighted by molar-refractivity contribution is 0.0202. The minimum atomic E-state index is -0.230. The Morgan fingerprint density at radius 3 is 2.73 bits per heavy atom. The van der Waals surface area contributed by atoms with Gasteiger partial charge < -0.3 is 19.5 Å². The van der Waals surface area contributed by atoms with Gasteiger partial charge in [-0.2, -0.15) is 4.98 Å². The summed E-state index contributed by atoms with van der Waals surface area (Å²) in [6.07, 6.45) is 1.68. The van der Waals surface area contributed by atoms with E-state index in [0.717, 1.165) is 31.9 Å². The maximum atomic E-state index is 12.8. The van der Waals surface area contributed by atoms with E-state index in [2.05, 4.69) is 40.9 Å². The molecule has 1 saturated heterocycles. The van der Waals surface area contributed by atoms with E-state index in [1.165, 1.54) is 0 Å². The van der Waals surface area contributed by atoms with E-state index < -0.39 is 0 Å². The largest absolute Gasteiger partial charge is 0.379 e. The molecule has 4 rings (SSSR count). The normalized spacial score (nSPS) is 15.5. The van der Waals surface area contributed by atoms with Crippen molar-refractivity contribution in [2.45, 2.75) is 18.4 Å². The first-order chi connectivity index (χ1) is 14.3. The van der Waals surface area contributed by atoms with Crippen LogP contribution >= 0.6 is 23.2 Å². The Bertz CT molecular complexity index is 1110. The third-order valence-electron chi connectivity index (χ3n) is 5.35. The van der Waals surface area contributed by atoms with Crippen LogP contribution in [0.4, 0.5) is 5.95 Å². The molecule has 12 heteroatoms. The molecule has 2 N–H and O–H groups in total. The Labute approximate surface area is 185 Å². The monoisotopic (exact) mass is 446 g/mol. The van der Waals surface area contributed by atoms with E-state index in [1.807, 2.05) is 10.6 Å². The summed E-state index contributed by atoms with van der Waals surface area (Å²) in [5.74, 6) is 0.358. The highest BCUT2D eigenvalue weighted by molar-refractivity contribution is 6.42. The first-order valence-electron chi connectivity index (χ1n) is 9.79. The fourth-order valence-corrected chi connectivity index (χ4v) is 4.03. The molecule has 0 bridgehead atoms. The van der Waals surface area contributed by atoms with Gasteiger partial charge in [-0.25, -0.2) is 4.98 Å². The molecule has 156 valence electrons. The molecule has 8 nitrogen and oxygen atoms in total. The predicted octanol–water partition coefficient (Wildman–Crippen LogP) is 0.291. The zero-order valence-electron chi connectivity index (χ0n) is 16.9. The van der Waals surface area contributed by atoms with Crippen LogP contribution in [0.2, 0.25) is 10.0 Å². The van der Waals surface area contributed by atoms with Crippen LogP contribution < -0.4 is 10.9 Å². The first kappa shape index (κ1) is 21.2. The van der Waals surface area contributed by atoms with Crippen LogP contribution in [0.25, 0.3) is 11.2 Å². The number of rotatable bonds is 6. The maximum absolute atomic E-state index is 12.8. The Balaban J connectivity index is 1.52. The minimum absolute atomic E-state index is 0.144. The van der Waals surface area contributed by atoms with E-state index >= 15 is 0 Å². The van der Waals surface area contributed by atoms with E-state index in [1.54, 1.807) is 18.5 Å². The summed E-state index contributed by atoms with van der Waals surface area (Å²) in [6.45, 7) is 4.27. The Morgan fingerprint density at radius 1 is 1.23 bits per heavy atom. The fourth-order valence-electron chi connectivity index (χ4n) is 3.71. The number of halogens is 2. The minimum Gasteiger partial charge on any atom is -0.379 e. The summed E-state index contributed by atoms with van der Waals surface area (Å²) >= 11 is 12.0. The number of aromatic nitrogens is 4. The van der Waals surface area contributed by atoms with Crippen LogP contribution in [0.5, 0.6) is 0 Å². The molecule has 0 atom stereocenters. The molecule has 1 aliphatic heterocycles. The van der Waals surface area contributed by atoms with Gasteiger partial charge in [-0.3, -0.25) is 9.78 Å². The van der Waals surface area contributed by atoms with Crippen molar-refractivity contribution in [3.8, 4) is 0 Å². The lowest BCUT2D eigenvalue weighted by Gasteiger charge is -2.41. The lowest BCUT2D eigenvalue weighted by atomic mass is 9.60. The molecular weight excluding hydrogens is 425 g/mol. The molecule has 1 aliphatic rings. The zero-order valence-corrected chi connectivity index (χ0v) is 18.4. The van der Waals surface area contributed by atoms with Gasteiger partial charge in [0.2, 0.25) is 5.95 Å². The summed E-state index contributed by atoms with van der Waals surface area (Å²) in [5, 5.41) is 3.95. The van der Waals surface area contributed by atoms with Gasteiger partial charge in [0.25, 0.3) is 5.56 Å². The molecule has 0 unspecified atom stereocenters. The molecule has 0 spiro atoms. The molecule has 3 aromatic rings. The number of hydrogen-bond donors (Lipinski definition) is 2. The van der Waals surface area contributed by atoms with Crippen LogP contribution in [-0.4, -0.2) is 71.8 Å². The Hall–Kier alpha value is -2.00. The van der Waals surface area contributed by atoms with E-state index in [-0.39, 0.29) is 10.9 Å². The molecule has 30 heavy (non-hydrogen) atoms. The van der Waals surface area contributed by atoms with Crippen molar-refractivity contribution >= 4 is 56.0 Å². The summed E-state index contributed by atoms with van der Waals surface area (Å²) in [4.78, 5) is 26.8. The van der Waals surface area contributed by atoms with E-state index in [0.29, 0.717) is 40.2 Å². The third kappa shape index (κ3) is 4.51. The topological polar surface area (TPSA) is 88.1 Å². The number of nitrogens with one attached hydrogen (secondary N) is 2.